The molecule has 0 unspecified atom stereocenters. The van der Waals surface area contributed by atoms with Gasteiger partial charge in [0.25, 0.3) is 0 Å². The Morgan fingerprint density at radius 2 is 1.89 bits per heavy atom. The van der Waals surface area contributed by atoms with Gasteiger partial charge in [-0.25, -0.2) is 4.39 Å². The topological polar surface area (TPSA) is 17.1 Å². The first-order chi connectivity index (χ1) is 9.13. The molecule has 0 spiro atoms. The lowest BCUT2D eigenvalue weighted by Crippen LogP contribution is -2.05. The van der Waals surface area contributed by atoms with E-state index in [0.717, 1.165) is 14.9 Å². The fourth-order valence-corrected chi connectivity index (χ4v) is 2.97. The van der Waals surface area contributed by atoms with Crippen molar-refractivity contribution in [3.05, 3.63) is 64.4 Å². The average Bonchev–Trinajstić information content (AvgIpc) is 2.39. The van der Waals surface area contributed by atoms with Gasteiger partial charge >= 0.3 is 0 Å². The molecular weight excluding hydrogens is 327 g/mol. The number of halogens is 2. The number of benzene rings is 2. The van der Waals surface area contributed by atoms with Crippen LogP contribution in [0.2, 0.25) is 0 Å². The minimum absolute atomic E-state index is 0.136. The molecule has 0 aliphatic carbocycles. The van der Waals surface area contributed by atoms with E-state index in [4.69, 9.17) is 0 Å². The van der Waals surface area contributed by atoms with Crippen LogP contribution in [-0.2, 0) is 11.2 Å². The number of Topliss-reactive ketones (excluding diaryl/α,β-unsaturated/α-hetero) is 1. The molecule has 0 aliphatic rings. The number of ketones is 1. The van der Waals surface area contributed by atoms with Crippen molar-refractivity contribution in [2.24, 2.45) is 0 Å². The summed E-state index contributed by atoms with van der Waals surface area (Å²) in [6.07, 6.45) is 0.348. The summed E-state index contributed by atoms with van der Waals surface area (Å²) < 4.78 is 13.7. The quantitative estimate of drug-likeness (QED) is 0.747. The Bertz CT molecular complexity index is 569. The van der Waals surface area contributed by atoms with Crippen molar-refractivity contribution in [2.75, 3.05) is 5.75 Å². The van der Waals surface area contributed by atoms with Crippen LogP contribution in [0.25, 0.3) is 0 Å². The molecule has 98 valence electrons. The lowest BCUT2D eigenvalue weighted by atomic mass is 10.1. The van der Waals surface area contributed by atoms with Crippen LogP contribution in [0.4, 0.5) is 4.39 Å². The molecule has 0 radical (unpaired) electrons. The molecule has 0 saturated carbocycles. The van der Waals surface area contributed by atoms with Crippen molar-refractivity contribution in [1.29, 1.82) is 0 Å². The van der Waals surface area contributed by atoms with E-state index >= 15 is 0 Å². The van der Waals surface area contributed by atoms with Crippen molar-refractivity contribution in [2.45, 2.75) is 11.3 Å². The molecule has 2 aromatic carbocycles. The second-order valence-electron chi connectivity index (χ2n) is 4.09. The summed E-state index contributed by atoms with van der Waals surface area (Å²) in [5, 5.41) is 0. The molecule has 0 N–H and O–H groups in total. The summed E-state index contributed by atoms with van der Waals surface area (Å²) in [6, 6.07) is 13.9. The third kappa shape index (κ3) is 4.80. The van der Waals surface area contributed by atoms with Gasteiger partial charge < -0.3 is 0 Å². The highest BCUT2D eigenvalue weighted by Gasteiger charge is 2.05. The smallest absolute Gasteiger partial charge is 0.147 e. The largest absolute Gasteiger partial charge is 0.298 e. The molecule has 2 aromatic rings. The Balaban J connectivity index is 1.86. The second kappa shape index (κ2) is 6.87. The van der Waals surface area contributed by atoms with E-state index < -0.39 is 0 Å². The van der Waals surface area contributed by atoms with E-state index in [2.05, 4.69) is 15.9 Å². The maximum atomic E-state index is 12.7. The summed E-state index contributed by atoms with van der Waals surface area (Å²) in [5.74, 6) is 0.282. The van der Waals surface area contributed by atoms with Crippen LogP contribution in [0, 0.1) is 5.82 Å². The van der Waals surface area contributed by atoms with Crippen molar-refractivity contribution in [3.63, 3.8) is 0 Å². The third-order valence-corrected chi connectivity index (χ3v) is 4.06. The standard InChI is InChI=1S/C15H12BrFOS/c16-12-2-1-3-15(9-12)19-10-14(18)8-11-4-6-13(17)7-5-11/h1-7,9H,8,10H2. The van der Waals surface area contributed by atoms with Crippen LogP contribution in [0.15, 0.2) is 57.9 Å². The number of thioether (sulfide) groups is 1. The fourth-order valence-electron chi connectivity index (χ4n) is 1.60. The van der Waals surface area contributed by atoms with Crippen LogP contribution in [0.1, 0.15) is 5.56 Å². The summed E-state index contributed by atoms with van der Waals surface area (Å²) in [4.78, 5) is 12.9. The summed E-state index contributed by atoms with van der Waals surface area (Å²) in [5.41, 5.74) is 0.848. The van der Waals surface area contributed by atoms with Crippen LogP contribution < -0.4 is 0 Å². The number of rotatable bonds is 5. The lowest BCUT2D eigenvalue weighted by molar-refractivity contribution is -0.116. The van der Waals surface area contributed by atoms with Crippen molar-refractivity contribution >= 4 is 33.5 Å². The Kier molecular flexibility index (Phi) is 5.16. The minimum atomic E-state index is -0.278. The predicted octanol–water partition coefficient (Wildman–Crippen LogP) is 4.49. The van der Waals surface area contributed by atoms with Crippen molar-refractivity contribution in [3.8, 4) is 0 Å². The average molecular weight is 339 g/mol. The van der Waals surface area contributed by atoms with Gasteiger partial charge in [0.2, 0.25) is 0 Å². The molecule has 0 fully saturated rings. The van der Waals surface area contributed by atoms with Gasteiger partial charge in [0, 0.05) is 15.8 Å². The Hall–Kier alpha value is -1.13. The molecule has 0 aromatic heterocycles. The maximum Gasteiger partial charge on any atom is 0.147 e. The molecular formula is C15H12BrFOS. The molecule has 0 bridgehead atoms. The van der Waals surface area contributed by atoms with Gasteiger partial charge in [-0.2, -0.15) is 0 Å². The van der Waals surface area contributed by atoms with Crippen LogP contribution in [0.5, 0.6) is 0 Å². The van der Waals surface area contributed by atoms with Crippen LogP contribution >= 0.6 is 27.7 Å². The van der Waals surface area contributed by atoms with E-state index in [-0.39, 0.29) is 11.6 Å². The molecule has 0 amide bonds. The fraction of sp³-hybridized carbons (Fsp3) is 0.133. The Morgan fingerprint density at radius 1 is 1.16 bits per heavy atom. The molecule has 0 aliphatic heterocycles. The highest BCUT2D eigenvalue weighted by atomic mass is 79.9. The first-order valence-electron chi connectivity index (χ1n) is 5.78. The molecule has 4 heteroatoms. The van der Waals surface area contributed by atoms with Gasteiger partial charge in [0.1, 0.15) is 11.6 Å². The normalized spacial score (nSPS) is 10.4. The molecule has 2 rings (SSSR count). The van der Waals surface area contributed by atoms with Gasteiger partial charge in [-0.15, -0.1) is 11.8 Å². The van der Waals surface area contributed by atoms with Crippen LogP contribution in [-0.4, -0.2) is 11.5 Å². The van der Waals surface area contributed by atoms with E-state index in [9.17, 15) is 9.18 Å². The maximum absolute atomic E-state index is 12.7. The molecule has 1 nitrogen and oxygen atoms in total. The number of carbonyl (C=O) groups excluding carboxylic acids is 1. The minimum Gasteiger partial charge on any atom is -0.298 e. The molecule has 0 saturated heterocycles. The Labute approximate surface area is 124 Å². The van der Waals surface area contributed by atoms with Gasteiger partial charge in [-0.1, -0.05) is 34.1 Å². The third-order valence-electron chi connectivity index (χ3n) is 2.51. The van der Waals surface area contributed by atoms with Gasteiger partial charge in [0.15, 0.2) is 0 Å². The zero-order chi connectivity index (χ0) is 13.7. The highest BCUT2D eigenvalue weighted by molar-refractivity contribution is 9.10. The number of hydrogen-bond acceptors (Lipinski definition) is 2. The van der Waals surface area contributed by atoms with Crippen LogP contribution in [0.3, 0.4) is 0 Å². The van der Waals surface area contributed by atoms with Gasteiger partial charge in [0.05, 0.1) is 5.75 Å². The predicted molar refractivity (Wildman–Crippen MR) is 80.0 cm³/mol. The molecule has 19 heavy (non-hydrogen) atoms. The van der Waals surface area contributed by atoms with Crippen molar-refractivity contribution < 1.29 is 9.18 Å². The SMILES string of the molecule is O=C(CSc1cccc(Br)c1)Cc1ccc(F)cc1. The van der Waals surface area contributed by atoms with Gasteiger partial charge in [-0.05, 0) is 35.9 Å². The van der Waals surface area contributed by atoms with E-state index in [1.54, 1.807) is 12.1 Å². The lowest BCUT2D eigenvalue weighted by Gasteiger charge is -2.03. The first kappa shape index (κ1) is 14.3. The number of carbonyl (C=O) groups is 1. The van der Waals surface area contributed by atoms with Crippen molar-refractivity contribution in [1.82, 2.24) is 0 Å². The molecule has 0 heterocycles. The van der Waals surface area contributed by atoms with E-state index in [1.807, 2.05) is 24.3 Å². The summed E-state index contributed by atoms with van der Waals surface area (Å²) in [6.45, 7) is 0. The summed E-state index contributed by atoms with van der Waals surface area (Å²) in [7, 11) is 0. The zero-order valence-corrected chi connectivity index (χ0v) is 12.5. The summed E-state index contributed by atoms with van der Waals surface area (Å²) >= 11 is 4.91. The highest BCUT2D eigenvalue weighted by Crippen LogP contribution is 2.22. The van der Waals surface area contributed by atoms with E-state index in [1.165, 1.54) is 23.9 Å². The van der Waals surface area contributed by atoms with Gasteiger partial charge in [-0.3, -0.25) is 4.79 Å². The first-order valence-corrected chi connectivity index (χ1v) is 7.56. The number of hydrogen-bond donors (Lipinski definition) is 0. The van der Waals surface area contributed by atoms with E-state index in [0.29, 0.717) is 12.2 Å². The molecule has 0 atom stereocenters. The Morgan fingerprint density at radius 3 is 2.58 bits per heavy atom. The zero-order valence-electron chi connectivity index (χ0n) is 10.1. The second-order valence-corrected chi connectivity index (χ2v) is 6.05. The monoisotopic (exact) mass is 338 g/mol.